The van der Waals surface area contributed by atoms with E-state index < -0.39 is 0 Å². The fourth-order valence-corrected chi connectivity index (χ4v) is 13.1. The van der Waals surface area contributed by atoms with Crippen molar-refractivity contribution in [2.75, 3.05) is 0 Å². The number of fused-ring (bicyclic) bond motifs is 9. The SMILES string of the molecule is CC.CC.CC.CC.CC.CC.CC.CC.CC.CC.CC.CC.Cc1c2ccccc2cc2ccccc12.Cc1ccc(C)cc1.Cc1cccc(C)c1.Cc1ccccc1.Cc1ccccc1.Cc1ccccc1.Cc1ccccc1.Cc1ccccc1C.c1ccc2c(c1)Cc1ccccc1-2.c1ccc2cc3ccccc3cc2c1.c1ccc2ccccc2c1.c1ccc2ccccc2c1.c1ccccc1. The fraction of sp³-hybridized carbons (Fsp3) is 0.250. The molecule has 1 aliphatic carbocycles. The summed E-state index contributed by atoms with van der Waals surface area (Å²) < 4.78 is 0. The van der Waals surface area contributed by atoms with E-state index in [1.165, 1.54) is 148 Å². The van der Waals surface area contributed by atoms with Crippen molar-refractivity contribution >= 4 is 64.6 Å². The van der Waals surface area contributed by atoms with Crippen molar-refractivity contribution in [3.05, 3.63) is 564 Å². The molecule has 0 saturated carbocycles. The molecule has 0 aliphatic heterocycles. The van der Waals surface area contributed by atoms with Crippen LogP contribution in [-0.2, 0) is 6.42 Å². The minimum atomic E-state index is 1.10. The topological polar surface area (TPSA) is 0 Å². The quantitative estimate of drug-likeness (QED) is 0.133. The summed E-state index contributed by atoms with van der Waals surface area (Å²) in [5.74, 6) is 0. The van der Waals surface area contributed by atoms with Gasteiger partial charge in [-0.15, -0.1) is 0 Å². The molecule has 0 heterocycles. The van der Waals surface area contributed by atoms with Crippen LogP contribution in [0.15, 0.2) is 491 Å². The van der Waals surface area contributed by atoms with E-state index in [4.69, 9.17) is 0 Å². The first kappa shape index (κ1) is 136. The third-order valence-corrected chi connectivity index (χ3v) is 19.9. The molecular weight excluding hydrogens is 1730 g/mol. The van der Waals surface area contributed by atoms with Gasteiger partial charge in [0.15, 0.2) is 0 Å². The van der Waals surface area contributed by atoms with Crippen molar-refractivity contribution < 1.29 is 0 Å². The maximum atomic E-state index is 2.26. The van der Waals surface area contributed by atoms with Gasteiger partial charge in [0, 0.05) is 0 Å². The standard InChI is InChI=1S/C15H12.C14H10.C13H10.2C10H8.3C8H10.4C7H8.C6H6.12C2H6/c1-11-14-8-4-2-6-12(14)10-13-7-3-5-9-15(11)13;1-2-6-12-10-14-8-4-3-7-13(14)9-11(12)5-1;1-3-7-12-10(5-1)9-11-6-2-4-8-13(11)12;2*1-2-6-10-8-4-3-7-9(10)5-1;1-7-3-5-8(2)6-4-7;1-7-4-3-5-8(2)6-7;1-7-5-3-4-6-8(7)2;4*1-7-5-3-2-4-6-7;1-2-4-6-5-3-1;12*1-2/h2-10H,1H3;1-10H;1-8H,9H2;2*1-8H;3*3-6H,1-2H3;4*2-6H,1H3;1-6H;12*1-2H3. The second-order valence-corrected chi connectivity index (χ2v) is 29.8. The molecule has 0 aromatic heterocycles. The zero-order valence-electron chi connectivity index (χ0n) is 96.0. The summed E-state index contributed by atoms with van der Waals surface area (Å²) in [6.45, 7) is 71.2. The van der Waals surface area contributed by atoms with Gasteiger partial charge < -0.3 is 0 Å². The van der Waals surface area contributed by atoms with E-state index in [0.29, 0.717) is 0 Å². The highest BCUT2D eigenvalue weighted by Crippen LogP contribution is 2.36. The van der Waals surface area contributed by atoms with Gasteiger partial charge in [-0.1, -0.05) is 684 Å². The van der Waals surface area contributed by atoms with E-state index in [9.17, 15) is 0 Å². The lowest BCUT2D eigenvalue weighted by Crippen LogP contribution is -1.81. The molecule has 20 aromatic rings. The van der Waals surface area contributed by atoms with Crippen molar-refractivity contribution in [3.63, 3.8) is 0 Å². The van der Waals surface area contributed by atoms with Crippen molar-refractivity contribution in [2.45, 2.75) is 249 Å². The second kappa shape index (κ2) is 95.2. The van der Waals surface area contributed by atoms with Gasteiger partial charge in [0.05, 0.1) is 0 Å². The Hall–Kier alpha value is -14.0. The fourth-order valence-electron chi connectivity index (χ4n) is 13.1. The molecule has 0 atom stereocenters. The summed E-state index contributed by atoms with van der Waals surface area (Å²) in [4.78, 5) is 0. The Kier molecular flexibility index (Phi) is 90.0. The molecule has 144 heavy (non-hydrogen) atoms. The Bertz CT molecular complexity index is 5590. The van der Waals surface area contributed by atoms with Crippen LogP contribution < -0.4 is 0 Å². The third-order valence-electron chi connectivity index (χ3n) is 19.9. The normalized spacial score (nSPS) is 8.77. The molecule has 0 N–H and O–H groups in total. The third kappa shape index (κ3) is 60.3. The van der Waals surface area contributed by atoms with Crippen LogP contribution in [0.2, 0.25) is 0 Å². The lowest BCUT2D eigenvalue weighted by atomic mass is 9.98. The highest BCUT2D eigenvalue weighted by molar-refractivity contribution is 6.02. The molecule has 0 bridgehead atoms. The molecule has 0 radical (unpaired) electrons. The zero-order valence-corrected chi connectivity index (χ0v) is 96.0. The lowest BCUT2D eigenvalue weighted by molar-refractivity contribution is 1.26. The van der Waals surface area contributed by atoms with E-state index in [-0.39, 0.29) is 0 Å². The van der Waals surface area contributed by atoms with Crippen molar-refractivity contribution in [2.24, 2.45) is 0 Å². The van der Waals surface area contributed by atoms with Gasteiger partial charge in [-0.25, -0.2) is 0 Å². The molecule has 0 amide bonds. The molecule has 20 aromatic carbocycles. The maximum Gasteiger partial charge on any atom is -0.00135 e. The van der Waals surface area contributed by atoms with E-state index in [2.05, 4.69) is 458 Å². The predicted octanol–water partition coefficient (Wildman–Crippen LogP) is 46.1. The Morgan fingerprint density at radius 1 is 0.118 bits per heavy atom. The first-order valence-corrected chi connectivity index (χ1v) is 53.6. The monoisotopic (exact) mass is 1920 g/mol. The van der Waals surface area contributed by atoms with Crippen molar-refractivity contribution in [1.82, 2.24) is 0 Å². The number of rotatable bonds is 0. The Morgan fingerprint density at radius 3 is 0.479 bits per heavy atom. The molecule has 0 saturated heterocycles. The van der Waals surface area contributed by atoms with Gasteiger partial charge >= 0.3 is 0 Å². The van der Waals surface area contributed by atoms with Gasteiger partial charge in [0.1, 0.15) is 0 Å². The summed E-state index contributed by atoms with van der Waals surface area (Å²) in [6, 6.07) is 170. The van der Waals surface area contributed by atoms with Crippen LogP contribution in [-0.4, -0.2) is 0 Å². The van der Waals surface area contributed by atoms with Crippen molar-refractivity contribution in [3.8, 4) is 11.1 Å². The maximum absolute atomic E-state index is 2.26. The Morgan fingerprint density at radius 2 is 0.278 bits per heavy atom. The van der Waals surface area contributed by atoms with Gasteiger partial charge in [-0.05, 0) is 204 Å². The molecule has 0 nitrogen and oxygen atoms in total. The molecular formula is C144H188. The first-order valence-electron chi connectivity index (χ1n) is 53.6. The van der Waals surface area contributed by atoms with Gasteiger partial charge in [-0.2, -0.15) is 0 Å². The lowest BCUT2D eigenvalue weighted by Gasteiger charge is -2.06. The van der Waals surface area contributed by atoms with E-state index >= 15 is 0 Å². The van der Waals surface area contributed by atoms with Crippen LogP contribution in [0.4, 0.5) is 0 Å². The molecule has 0 fully saturated rings. The van der Waals surface area contributed by atoms with Gasteiger partial charge in [-0.3, -0.25) is 0 Å². The van der Waals surface area contributed by atoms with E-state index in [1.807, 2.05) is 275 Å². The summed E-state index contributed by atoms with van der Waals surface area (Å²) in [7, 11) is 0. The summed E-state index contributed by atoms with van der Waals surface area (Å²) in [6.07, 6.45) is 1.10. The summed E-state index contributed by atoms with van der Waals surface area (Å²) in [5, 5.41) is 15.9. The van der Waals surface area contributed by atoms with Crippen LogP contribution in [0.3, 0.4) is 0 Å². The molecule has 0 unspecified atom stereocenters. The minimum absolute atomic E-state index is 1.10. The second-order valence-electron chi connectivity index (χ2n) is 29.8. The van der Waals surface area contributed by atoms with Crippen LogP contribution in [0.5, 0.6) is 0 Å². The average Bonchev–Trinajstić information content (AvgIpc) is 0.920. The summed E-state index contributed by atoms with van der Waals surface area (Å²) >= 11 is 0. The molecule has 0 spiro atoms. The van der Waals surface area contributed by atoms with Crippen LogP contribution in [0.25, 0.3) is 75.8 Å². The minimum Gasteiger partial charge on any atom is -0.0683 e. The highest BCUT2D eigenvalue weighted by Gasteiger charge is 2.16. The first-order chi connectivity index (χ1) is 70.6. The van der Waals surface area contributed by atoms with Crippen molar-refractivity contribution in [1.29, 1.82) is 0 Å². The van der Waals surface area contributed by atoms with Gasteiger partial charge in [0.25, 0.3) is 0 Å². The molecule has 21 rings (SSSR count). The zero-order chi connectivity index (χ0) is 109. The number of aryl methyl sites for hydroxylation is 11. The largest absolute Gasteiger partial charge is 0.0683 e. The van der Waals surface area contributed by atoms with Crippen LogP contribution in [0, 0.1) is 76.2 Å². The highest BCUT2D eigenvalue weighted by atomic mass is 14.2. The molecule has 1 aliphatic rings. The summed E-state index contributed by atoms with van der Waals surface area (Å²) in [5.41, 5.74) is 20.5. The molecule has 764 valence electrons. The smallest absolute Gasteiger partial charge is 0.00135 e. The molecule has 0 heteroatoms. The number of hydrogen-bond acceptors (Lipinski definition) is 0. The van der Waals surface area contributed by atoms with E-state index in [0.717, 1.165) is 6.42 Å². The van der Waals surface area contributed by atoms with E-state index in [1.54, 1.807) is 0 Å². The number of hydrogen-bond donors (Lipinski definition) is 0. The van der Waals surface area contributed by atoms with Crippen LogP contribution >= 0.6 is 0 Å². The predicted molar refractivity (Wildman–Crippen MR) is 665 cm³/mol. The average molecular weight is 1920 g/mol. The van der Waals surface area contributed by atoms with Crippen LogP contribution in [0.1, 0.15) is 238 Å². The Balaban J connectivity index is -0.000000730. The van der Waals surface area contributed by atoms with Gasteiger partial charge in [0.2, 0.25) is 0 Å². The number of benzene rings is 20. The Labute approximate surface area is 882 Å².